The third kappa shape index (κ3) is 3.64. The number of carbonyl (C=O) groups excluding carboxylic acids is 1. The van der Waals surface area contributed by atoms with Gasteiger partial charge in [-0.1, -0.05) is 11.3 Å². The zero-order valence-electron chi connectivity index (χ0n) is 18.1. The molecule has 0 fully saturated rings. The number of aromatic nitrogens is 5. The van der Waals surface area contributed by atoms with Crippen LogP contribution in [-0.4, -0.2) is 42.2 Å². The molecule has 4 rings (SSSR count). The molecule has 1 amide bonds. The molecule has 0 saturated heterocycles. The number of nitrogens with zero attached hydrogens (tertiary/aromatic N) is 5. The quantitative estimate of drug-likeness (QED) is 0.627. The minimum absolute atomic E-state index is 0.0216. The SMILES string of the molecule is Cc1nnn(-c2cc(F)ccc2CNC(=O)c2nc3n(c(=O)c2O)CCOC3(C)C)c1C. The van der Waals surface area contributed by atoms with E-state index >= 15 is 0 Å². The van der Waals surface area contributed by atoms with Gasteiger partial charge in [0, 0.05) is 6.54 Å². The molecule has 2 N–H and O–H groups in total. The van der Waals surface area contributed by atoms with Gasteiger partial charge in [0.05, 0.1) is 30.2 Å². The van der Waals surface area contributed by atoms with Crippen molar-refractivity contribution in [3.05, 3.63) is 62.8 Å². The first-order valence-corrected chi connectivity index (χ1v) is 10.0. The average Bonchev–Trinajstić information content (AvgIpc) is 3.07. The molecular formula is C21H23FN6O4. The summed E-state index contributed by atoms with van der Waals surface area (Å²) >= 11 is 0. The van der Waals surface area contributed by atoms with E-state index in [0.717, 1.165) is 5.69 Å². The fourth-order valence-corrected chi connectivity index (χ4v) is 3.60. The first kappa shape index (κ1) is 21.6. The van der Waals surface area contributed by atoms with Crippen molar-refractivity contribution in [3.8, 4) is 11.4 Å². The molecule has 1 aliphatic heterocycles. The number of rotatable bonds is 4. The Balaban J connectivity index is 1.65. The van der Waals surface area contributed by atoms with Crippen LogP contribution >= 0.6 is 0 Å². The third-order valence-corrected chi connectivity index (χ3v) is 5.52. The molecular weight excluding hydrogens is 419 g/mol. The van der Waals surface area contributed by atoms with Crippen LogP contribution in [0.25, 0.3) is 5.69 Å². The highest BCUT2D eigenvalue weighted by molar-refractivity contribution is 5.94. The lowest BCUT2D eigenvalue weighted by Crippen LogP contribution is -2.42. The molecule has 3 aromatic rings. The van der Waals surface area contributed by atoms with Crippen molar-refractivity contribution >= 4 is 5.91 Å². The van der Waals surface area contributed by atoms with E-state index in [1.807, 2.05) is 0 Å². The van der Waals surface area contributed by atoms with Gasteiger partial charge in [0.1, 0.15) is 17.2 Å². The zero-order chi connectivity index (χ0) is 23.2. The number of aromatic hydroxyl groups is 1. The second kappa shape index (κ2) is 7.83. The van der Waals surface area contributed by atoms with Gasteiger partial charge in [-0.15, -0.1) is 5.10 Å². The fourth-order valence-electron chi connectivity index (χ4n) is 3.60. The van der Waals surface area contributed by atoms with Gasteiger partial charge >= 0.3 is 0 Å². The Labute approximate surface area is 182 Å². The van der Waals surface area contributed by atoms with Gasteiger partial charge in [-0.2, -0.15) is 0 Å². The van der Waals surface area contributed by atoms with E-state index in [1.165, 1.54) is 27.4 Å². The summed E-state index contributed by atoms with van der Waals surface area (Å²) in [5, 5.41) is 21.0. The predicted octanol–water partition coefficient (Wildman–Crippen LogP) is 1.48. The molecule has 0 unspecified atom stereocenters. The number of aryl methyl sites for hydroxylation is 1. The van der Waals surface area contributed by atoms with Crippen molar-refractivity contribution in [2.45, 2.75) is 46.4 Å². The Kier molecular flexibility index (Phi) is 5.29. The first-order chi connectivity index (χ1) is 15.1. The molecule has 0 spiro atoms. The highest BCUT2D eigenvalue weighted by Crippen LogP contribution is 2.27. The van der Waals surface area contributed by atoms with Gasteiger partial charge in [0.25, 0.3) is 11.5 Å². The van der Waals surface area contributed by atoms with Crippen molar-refractivity contribution in [1.29, 1.82) is 0 Å². The number of halogens is 1. The van der Waals surface area contributed by atoms with Crippen molar-refractivity contribution in [2.75, 3.05) is 6.61 Å². The molecule has 32 heavy (non-hydrogen) atoms. The lowest BCUT2D eigenvalue weighted by atomic mass is 10.1. The second-order valence-electron chi connectivity index (χ2n) is 8.08. The average molecular weight is 442 g/mol. The van der Waals surface area contributed by atoms with E-state index in [0.29, 0.717) is 23.6 Å². The van der Waals surface area contributed by atoms with Gasteiger partial charge in [-0.05, 0) is 45.4 Å². The Hall–Kier alpha value is -3.60. The Morgan fingerprint density at radius 2 is 2.09 bits per heavy atom. The number of carbonyl (C=O) groups is 1. The summed E-state index contributed by atoms with van der Waals surface area (Å²) in [6.45, 7) is 7.55. The second-order valence-corrected chi connectivity index (χ2v) is 8.08. The van der Waals surface area contributed by atoms with Crippen LogP contribution in [0.3, 0.4) is 0 Å². The van der Waals surface area contributed by atoms with E-state index < -0.39 is 34.3 Å². The number of nitrogens with one attached hydrogen (secondary N) is 1. The van der Waals surface area contributed by atoms with Gasteiger partial charge in [0.2, 0.25) is 5.75 Å². The third-order valence-electron chi connectivity index (χ3n) is 5.52. The highest BCUT2D eigenvalue weighted by Gasteiger charge is 2.34. The highest BCUT2D eigenvalue weighted by atomic mass is 19.1. The normalized spacial score (nSPS) is 14.8. The predicted molar refractivity (Wildman–Crippen MR) is 111 cm³/mol. The molecule has 0 radical (unpaired) electrons. The summed E-state index contributed by atoms with van der Waals surface area (Å²) in [4.78, 5) is 29.7. The molecule has 0 bridgehead atoms. The van der Waals surface area contributed by atoms with Gasteiger partial charge in [0.15, 0.2) is 5.69 Å². The van der Waals surface area contributed by atoms with Crippen LogP contribution in [0.4, 0.5) is 4.39 Å². The van der Waals surface area contributed by atoms with E-state index in [1.54, 1.807) is 27.7 Å². The topological polar surface area (TPSA) is 124 Å². The summed E-state index contributed by atoms with van der Waals surface area (Å²) in [5.41, 5.74) is 0.410. The smallest absolute Gasteiger partial charge is 0.296 e. The molecule has 2 aromatic heterocycles. The van der Waals surface area contributed by atoms with Gasteiger partial charge < -0.3 is 15.2 Å². The number of benzene rings is 1. The minimum atomic E-state index is -0.896. The monoisotopic (exact) mass is 442 g/mol. The molecule has 1 aromatic carbocycles. The number of hydrogen-bond acceptors (Lipinski definition) is 7. The number of fused-ring (bicyclic) bond motifs is 1. The van der Waals surface area contributed by atoms with E-state index in [2.05, 4.69) is 20.6 Å². The molecule has 3 heterocycles. The standard InChI is InChI=1S/C21H23FN6O4/c1-11-12(2)28(26-25-11)15-9-14(22)6-5-13(15)10-23-18(30)16-17(29)19(31)27-7-8-32-21(3,4)20(27)24-16/h5-6,9,29H,7-8,10H2,1-4H3,(H,23,30). The summed E-state index contributed by atoms with van der Waals surface area (Å²) in [7, 11) is 0. The van der Waals surface area contributed by atoms with Crippen LogP contribution in [0.5, 0.6) is 5.75 Å². The van der Waals surface area contributed by atoms with Crippen LogP contribution in [-0.2, 0) is 23.4 Å². The van der Waals surface area contributed by atoms with Gasteiger partial charge in [-0.3, -0.25) is 14.2 Å². The molecule has 11 heteroatoms. The van der Waals surface area contributed by atoms with E-state index in [4.69, 9.17) is 4.74 Å². The van der Waals surface area contributed by atoms with Crippen LogP contribution < -0.4 is 10.9 Å². The largest absolute Gasteiger partial charge is 0.501 e. The summed E-state index contributed by atoms with van der Waals surface area (Å²) in [6, 6.07) is 4.09. The molecule has 0 aliphatic carbocycles. The van der Waals surface area contributed by atoms with Crippen LogP contribution in [0.2, 0.25) is 0 Å². The Bertz CT molecular complexity index is 1280. The Morgan fingerprint density at radius 3 is 2.78 bits per heavy atom. The van der Waals surface area contributed by atoms with Crippen LogP contribution in [0, 0.1) is 19.7 Å². The van der Waals surface area contributed by atoms with Crippen molar-refractivity contribution in [2.24, 2.45) is 0 Å². The lowest BCUT2D eigenvalue weighted by molar-refractivity contribution is -0.0566. The van der Waals surface area contributed by atoms with E-state index in [9.17, 15) is 19.1 Å². The fraction of sp³-hybridized carbons (Fsp3) is 0.381. The maximum absolute atomic E-state index is 13.9. The number of ether oxygens (including phenoxy) is 1. The summed E-state index contributed by atoms with van der Waals surface area (Å²) < 4.78 is 22.4. The first-order valence-electron chi connectivity index (χ1n) is 10.0. The van der Waals surface area contributed by atoms with Crippen molar-refractivity contribution in [1.82, 2.24) is 29.9 Å². The number of amides is 1. The number of hydrogen-bond donors (Lipinski definition) is 2. The summed E-state index contributed by atoms with van der Waals surface area (Å²) in [6.07, 6.45) is 0. The molecule has 0 saturated carbocycles. The van der Waals surface area contributed by atoms with Crippen LogP contribution in [0.1, 0.15) is 47.1 Å². The molecule has 1 aliphatic rings. The summed E-state index contributed by atoms with van der Waals surface area (Å²) in [5.74, 6) is -1.68. The molecule has 0 atom stereocenters. The van der Waals surface area contributed by atoms with Crippen LogP contribution in [0.15, 0.2) is 23.0 Å². The van der Waals surface area contributed by atoms with Crippen molar-refractivity contribution < 1.29 is 19.0 Å². The molecule has 10 nitrogen and oxygen atoms in total. The van der Waals surface area contributed by atoms with Gasteiger partial charge in [-0.25, -0.2) is 14.1 Å². The van der Waals surface area contributed by atoms with Crippen molar-refractivity contribution in [3.63, 3.8) is 0 Å². The Morgan fingerprint density at radius 1 is 1.34 bits per heavy atom. The zero-order valence-corrected chi connectivity index (χ0v) is 18.1. The van der Waals surface area contributed by atoms with E-state index in [-0.39, 0.29) is 18.9 Å². The minimum Gasteiger partial charge on any atom is -0.501 e. The maximum Gasteiger partial charge on any atom is 0.296 e. The molecule has 168 valence electrons. The maximum atomic E-state index is 13.9. The lowest BCUT2D eigenvalue weighted by Gasteiger charge is -2.32.